The van der Waals surface area contributed by atoms with Crippen molar-refractivity contribution in [2.75, 3.05) is 31.6 Å². The maximum absolute atomic E-state index is 10.8. The standard InChI is InChI=1S/C13H18N2O2/c1-14-7-8-15(10-12(14)9-13(16)17)11-5-3-2-4-6-11/h2-6,12H,7-10H2,1H3,(H,16,17)/t12-/m0/s1. The molecule has 1 aromatic rings. The SMILES string of the molecule is CN1CCN(c2ccccc2)C[C@@H]1CC(=O)O. The molecular formula is C13H18N2O2. The fourth-order valence-corrected chi connectivity index (χ4v) is 2.24. The van der Waals surface area contributed by atoms with Crippen molar-refractivity contribution in [3.05, 3.63) is 30.3 Å². The van der Waals surface area contributed by atoms with E-state index in [1.807, 2.05) is 25.2 Å². The van der Waals surface area contributed by atoms with E-state index in [0.717, 1.165) is 19.6 Å². The van der Waals surface area contributed by atoms with E-state index < -0.39 is 5.97 Å². The lowest BCUT2D eigenvalue weighted by molar-refractivity contribution is -0.138. The fraction of sp³-hybridized carbons (Fsp3) is 0.462. The second-order valence-corrected chi connectivity index (χ2v) is 4.51. The van der Waals surface area contributed by atoms with Crippen LogP contribution in [0.3, 0.4) is 0 Å². The number of piperazine rings is 1. The van der Waals surface area contributed by atoms with Gasteiger partial charge in [0.05, 0.1) is 6.42 Å². The molecule has 1 N–H and O–H groups in total. The molecule has 1 saturated heterocycles. The van der Waals surface area contributed by atoms with Gasteiger partial charge in [-0.2, -0.15) is 0 Å². The summed E-state index contributed by atoms with van der Waals surface area (Å²) in [6, 6.07) is 10.3. The Bertz CT molecular complexity index is 380. The summed E-state index contributed by atoms with van der Waals surface area (Å²) in [4.78, 5) is 15.2. The first-order valence-corrected chi connectivity index (χ1v) is 5.89. The summed E-state index contributed by atoms with van der Waals surface area (Å²) >= 11 is 0. The number of hydrogen-bond acceptors (Lipinski definition) is 3. The molecule has 0 amide bonds. The molecule has 0 aromatic heterocycles. The molecule has 0 aliphatic carbocycles. The van der Waals surface area contributed by atoms with Crippen LogP contribution in [0.2, 0.25) is 0 Å². The van der Waals surface area contributed by atoms with Crippen molar-refractivity contribution in [3.63, 3.8) is 0 Å². The highest BCUT2D eigenvalue weighted by atomic mass is 16.4. The van der Waals surface area contributed by atoms with E-state index in [1.54, 1.807) is 0 Å². The fourth-order valence-electron chi connectivity index (χ4n) is 2.24. The van der Waals surface area contributed by atoms with Gasteiger partial charge in [-0.3, -0.25) is 9.69 Å². The van der Waals surface area contributed by atoms with Crippen molar-refractivity contribution < 1.29 is 9.90 Å². The Kier molecular flexibility index (Phi) is 3.64. The second-order valence-electron chi connectivity index (χ2n) is 4.51. The Balaban J connectivity index is 2.05. The van der Waals surface area contributed by atoms with Crippen molar-refractivity contribution in [3.8, 4) is 0 Å². The Morgan fingerprint density at radius 2 is 2.06 bits per heavy atom. The van der Waals surface area contributed by atoms with E-state index in [-0.39, 0.29) is 12.5 Å². The van der Waals surface area contributed by atoms with Gasteiger partial charge in [-0.05, 0) is 19.2 Å². The average Bonchev–Trinajstić information content (AvgIpc) is 2.32. The van der Waals surface area contributed by atoms with Crippen molar-refractivity contribution in [1.29, 1.82) is 0 Å². The largest absolute Gasteiger partial charge is 0.481 e. The zero-order valence-electron chi connectivity index (χ0n) is 10.0. The van der Waals surface area contributed by atoms with Crippen LogP contribution >= 0.6 is 0 Å². The van der Waals surface area contributed by atoms with Crippen LogP contribution in [-0.2, 0) is 4.79 Å². The summed E-state index contributed by atoms with van der Waals surface area (Å²) in [7, 11) is 2.00. The molecule has 17 heavy (non-hydrogen) atoms. The normalized spacial score (nSPS) is 21.5. The number of anilines is 1. The summed E-state index contributed by atoms with van der Waals surface area (Å²) in [5, 5.41) is 8.90. The molecule has 1 aromatic carbocycles. The number of carbonyl (C=O) groups is 1. The maximum atomic E-state index is 10.8. The van der Waals surface area contributed by atoms with Crippen LogP contribution in [0.4, 0.5) is 5.69 Å². The summed E-state index contributed by atoms with van der Waals surface area (Å²) in [5.41, 5.74) is 1.18. The van der Waals surface area contributed by atoms with Gasteiger partial charge < -0.3 is 10.0 Å². The number of benzene rings is 1. The molecule has 1 heterocycles. The van der Waals surface area contributed by atoms with E-state index in [2.05, 4.69) is 21.9 Å². The molecule has 4 heteroatoms. The molecule has 0 bridgehead atoms. The number of nitrogens with zero attached hydrogens (tertiary/aromatic N) is 2. The van der Waals surface area contributed by atoms with E-state index in [0.29, 0.717) is 0 Å². The minimum Gasteiger partial charge on any atom is -0.481 e. The van der Waals surface area contributed by atoms with Crippen LogP contribution < -0.4 is 4.90 Å². The molecule has 0 radical (unpaired) electrons. The average molecular weight is 234 g/mol. The zero-order chi connectivity index (χ0) is 12.3. The van der Waals surface area contributed by atoms with Crippen molar-refractivity contribution >= 4 is 11.7 Å². The molecule has 0 spiro atoms. The molecule has 0 saturated carbocycles. The lowest BCUT2D eigenvalue weighted by Gasteiger charge is -2.40. The lowest BCUT2D eigenvalue weighted by Crippen LogP contribution is -2.52. The first-order valence-electron chi connectivity index (χ1n) is 5.89. The van der Waals surface area contributed by atoms with Gasteiger partial charge in [-0.25, -0.2) is 0 Å². The number of aliphatic carboxylic acids is 1. The summed E-state index contributed by atoms with van der Waals surface area (Å²) < 4.78 is 0. The van der Waals surface area contributed by atoms with Gasteiger partial charge in [0, 0.05) is 31.4 Å². The molecule has 1 fully saturated rings. The first kappa shape index (κ1) is 11.9. The predicted molar refractivity (Wildman–Crippen MR) is 67.3 cm³/mol. The molecule has 0 unspecified atom stereocenters. The van der Waals surface area contributed by atoms with E-state index in [4.69, 9.17) is 5.11 Å². The van der Waals surface area contributed by atoms with Gasteiger partial charge in [-0.15, -0.1) is 0 Å². The minimum atomic E-state index is -0.725. The van der Waals surface area contributed by atoms with Crippen LogP contribution in [0.15, 0.2) is 30.3 Å². The van der Waals surface area contributed by atoms with Gasteiger partial charge in [-0.1, -0.05) is 18.2 Å². The Labute approximate surface area is 101 Å². The van der Waals surface area contributed by atoms with Crippen LogP contribution in [0.1, 0.15) is 6.42 Å². The third kappa shape index (κ3) is 2.97. The Hall–Kier alpha value is -1.55. The van der Waals surface area contributed by atoms with Gasteiger partial charge in [0.15, 0.2) is 0 Å². The highest BCUT2D eigenvalue weighted by Crippen LogP contribution is 2.19. The van der Waals surface area contributed by atoms with Crippen molar-refractivity contribution in [1.82, 2.24) is 4.90 Å². The van der Waals surface area contributed by atoms with E-state index >= 15 is 0 Å². The summed E-state index contributed by atoms with van der Waals surface area (Å²) in [6.45, 7) is 2.65. The number of likely N-dealkylation sites (N-methyl/N-ethyl adjacent to an activating group) is 1. The molecule has 1 aliphatic heterocycles. The van der Waals surface area contributed by atoms with Gasteiger partial charge in [0.2, 0.25) is 0 Å². The summed E-state index contributed by atoms with van der Waals surface area (Å²) in [5.74, 6) is -0.725. The molecule has 4 nitrogen and oxygen atoms in total. The van der Waals surface area contributed by atoms with Crippen LogP contribution in [-0.4, -0.2) is 48.7 Å². The van der Waals surface area contributed by atoms with Crippen LogP contribution in [0.5, 0.6) is 0 Å². The second kappa shape index (κ2) is 5.19. The van der Waals surface area contributed by atoms with Gasteiger partial charge in [0.25, 0.3) is 0 Å². The molecule has 1 aliphatic rings. The molecule has 92 valence electrons. The van der Waals surface area contributed by atoms with E-state index in [9.17, 15) is 4.79 Å². The predicted octanol–water partition coefficient (Wildman–Crippen LogP) is 1.28. The number of rotatable bonds is 3. The van der Waals surface area contributed by atoms with Crippen molar-refractivity contribution in [2.24, 2.45) is 0 Å². The Morgan fingerprint density at radius 3 is 2.71 bits per heavy atom. The third-order valence-electron chi connectivity index (χ3n) is 3.31. The number of carboxylic acids is 1. The highest BCUT2D eigenvalue weighted by molar-refractivity contribution is 5.67. The third-order valence-corrected chi connectivity index (χ3v) is 3.31. The maximum Gasteiger partial charge on any atom is 0.305 e. The number of carboxylic acid groups (broad SMARTS) is 1. The quantitative estimate of drug-likeness (QED) is 0.855. The topological polar surface area (TPSA) is 43.8 Å². The summed E-state index contributed by atoms with van der Waals surface area (Å²) in [6.07, 6.45) is 0.208. The number of hydrogen-bond donors (Lipinski definition) is 1. The minimum absolute atomic E-state index is 0.0986. The van der Waals surface area contributed by atoms with Crippen LogP contribution in [0.25, 0.3) is 0 Å². The monoisotopic (exact) mass is 234 g/mol. The number of para-hydroxylation sites is 1. The smallest absolute Gasteiger partial charge is 0.305 e. The van der Waals surface area contributed by atoms with Gasteiger partial charge >= 0.3 is 5.97 Å². The molecule has 1 atom stereocenters. The lowest BCUT2D eigenvalue weighted by atomic mass is 10.1. The van der Waals surface area contributed by atoms with Gasteiger partial charge in [0.1, 0.15) is 0 Å². The Morgan fingerprint density at radius 1 is 1.35 bits per heavy atom. The van der Waals surface area contributed by atoms with Crippen molar-refractivity contribution in [2.45, 2.75) is 12.5 Å². The zero-order valence-corrected chi connectivity index (χ0v) is 10.0. The highest BCUT2D eigenvalue weighted by Gasteiger charge is 2.26. The first-order chi connectivity index (χ1) is 8.16. The molecular weight excluding hydrogens is 216 g/mol. The molecule has 2 rings (SSSR count). The van der Waals surface area contributed by atoms with Crippen LogP contribution in [0, 0.1) is 0 Å². The van der Waals surface area contributed by atoms with E-state index in [1.165, 1.54) is 5.69 Å².